The topological polar surface area (TPSA) is 54.4 Å². The number of hydrogen-bond donors (Lipinski definition) is 1. The summed E-state index contributed by atoms with van der Waals surface area (Å²) >= 11 is 0. The molecule has 0 spiro atoms. The zero-order valence-corrected chi connectivity index (χ0v) is 13.1. The van der Waals surface area contributed by atoms with Crippen LogP contribution >= 0.6 is 0 Å². The van der Waals surface area contributed by atoms with Crippen molar-refractivity contribution in [2.75, 3.05) is 0 Å². The molecular weight excluding hydrogens is 272 g/mol. The third-order valence-corrected chi connectivity index (χ3v) is 5.54. The monoisotopic (exact) mass is 296 g/mol. The zero-order chi connectivity index (χ0) is 15.2. The Balaban J connectivity index is 2.78. The van der Waals surface area contributed by atoms with E-state index in [0.29, 0.717) is 6.42 Å². The molecule has 0 aliphatic carbocycles. The van der Waals surface area contributed by atoms with E-state index in [-0.39, 0.29) is 9.80 Å². The molecule has 1 aromatic rings. The second-order valence-electron chi connectivity index (χ2n) is 5.13. The SMILES string of the molecule is C=C([C@H](C)[C@H](O)CCCCC)S(=O)(=O)c1ccccc1. The van der Waals surface area contributed by atoms with Gasteiger partial charge in [0.15, 0.2) is 0 Å². The summed E-state index contributed by atoms with van der Waals surface area (Å²) < 4.78 is 24.8. The molecule has 2 atom stereocenters. The van der Waals surface area contributed by atoms with E-state index in [2.05, 4.69) is 13.5 Å². The average Bonchev–Trinajstić information content (AvgIpc) is 2.46. The van der Waals surface area contributed by atoms with E-state index < -0.39 is 21.9 Å². The van der Waals surface area contributed by atoms with Crippen molar-refractivity contribution in [2.45, 2.75) is 50.5 Å². The normalized spacial score (nSPS) is 14.8. The van der Waals surface area contributed by atoms with Crippen LogP contribution in [0.4, 0.5) is 0 Å². The van der Waals surface area contributed by atoms with Gasteiger partial charge in [0.25, 0.3) is 0 Å². The molecule has 0 heterocycles. The van der Waals surface area contributed by atoms with Gasteiger partial charge < -0.3 is 5.11 Å². The largest absolute Gasteiger partial charge is 0.392 e. The first-order valence-electron chi connectivity index (χ1n) is 7.08. The van der Waals surface area contributed by atoms with Crippen LogP contribution in [-0.4, -0.2) is 19.6 Å². The molecule has 1 aromatic carbocycles. The van der Waals surface area contributed by atoms with Crippen molar-refractivity contribution < 1.29 is 13.5 Å². The van der Waals surface area contributed by atoms with Gasteiger partial charge in [0.1, 0.15) is 0 Å². The van der Waals surface area contributed by atoms with Gasteiger partial charge in [-0.25, -0.2) is 8.42 Å². The van der Waals surface area contributed by atoms with Gasteiger partial charge in [0, 0.05) is 10.8 Å². The number of sulfone groups is 1. The van der Waals surface area contributed by atoms with Gasteiger partial charge in [-0.05, 0) is 18.6 Å². The summed E-state index contributed by atoms with van der Waals surface area (Å²) in [6.45, 7) is 7.52. The van der Waals surface area contributed by atoms with Crippen molar-refractivity contribution >= 4 is 9.84 Å². The predicted octanol–water partition coefficient (Wildman–Crippen LogP) is 3.55. The third-order valence-electron chi connectivity index (χ3n) is 3.59. The molecular formula is C16H24O3S. The zero-order valence-electron chi connectivity index (χ0n) is 12.2. The van der Waals surface area contributed by atoms with Crippen molar-refractivity contribution in [1.29, 1.82) is 0 Å². The highest BCUT2D eigenvalue weighted by molar-refractivity contribution is 7.95. The third kappa shape index (κ3) is 4.18. The first-order chi connectivity index (χ1) is 9.41. The lowest BCUT2D eigenvalue weighted by atomic mass is 9.99. The quantitative estimate of drug-likeness (QED) is 0.746. The summed E-state index contributed by atoms with van der Waals surface area (Å²) in [4.78, 5) is 0.324. The number of rotatable bonds is 8. The standard InChI is InChI=1S/C16H24O3S/c1-4-5-7-12-16(17)13(2)14(3)20(18,19)15-10-8-6-9-11-15/h6,8-11,13,16-17H,3-5,7,12H2,1-2H3/t13-,16+/m0/s1. The Morgan fingerprint density at radius 1 is 1.25 bits per heavy atom. The van der Waals surface area contributed by atoms with E-state index in [4.69, 9.17) is 0 Å². The summed E-state index contributed by atoms with van der Waals surface area (Å²) in [6.07, 6.45) is 2.97. The second kappa shape index (κ2) is 7.60. The van der Waals surface area contributed by atoms with E-state index in [1.165, 1.54) is 0 Å². The van der Waals surface area contributed by atoms with Crippen molar-refractivity contribution in [3.8, 4) is 0 Å². The molecule has 0 radical (unpaired) electrons. The molecule has 3 nitrogen and oxygen atoms in total. The first kappa shape index (κ1) is 16.9. The molecule has 20 heavy (non-hydrogen) atoms. The van der Waals surface area contributed by atoms with Gasteiger partial charge in [0.2, 0.25) is 9.84 Å². The van der Waals surface area contributed by atoms with Crippen LogP contribution in [0.3, 0.4) is 0 Å². The summed E-state index contributed by atoms with van der Waals surface area (Å²) in [6, 6.07) is 8.24. The first-order valence-corrected chi connectivity index (χ1v) is 8.56. The number of unbranched alkanes of at least 4 members (excludes halogenated alkanes) is 2. The van der Waals surface area contributed by atoms with Gasteiger partial charge in [-0.2, -0.15) is 0 Å². The van der Waals surface area contributed by atoms with Crippen LogP contribution in [0.25, 0.3) is 0 Å². The highest BCUT2D eigenvalue weighted by Crippen LogP contribution is 2.27. The Hall–Kier alpha value is -1.13. The molecule has 0 saturated carbocycles. The van der Waals surface area contributed by atoms with Crippen molar-refractivity contribution in [1.82, 2.24) is 0 Å². The van der Waals surface area contributed by atoms with E-state index >= 15 is 0 Å². The lowest BCUT2D eigenvalue weighted by molar-refractivity contribution is 0.123. The number of benzene rings is 1. The van der Waals surface area contributed by atoms with Gasteiger partial charge in [0.05, 0.1) is 11.0 Å². The minimum Gasteiger partial charge on any atom is -0.392 e. The fourth-order valence-electron chi connectivity index (χ4n) is 2.06. The van der Waals surface area contributed by atoms with Crippen molar-refractivity contribution in [2.24, 2.45) is 5.92 Å². The summed E-state index contributed by atoms with van der Waals surface area (Å²) in [5.74, 6) is -0.461. The molecule has 4 heteroatoms. The van der Waals surface area contributed by atoms with E-state index in [1.807, 2.05) is 0 Å². The molecule has 0 aromatic heterocycles. The molecule has 0 aliphatic rings. The lowest BCUT2D eigenvalue weighted by Crippen LogP contribution is -2.23. The maximum Gasteiger partial charge on any atom is 0.202 e. The minimum atomic E-state index is -3.57. The minimum absolute atomic E-state index is 0.0905. The van der Waals surface area contributed by atoms with E-state index in [0.717, 1.165) is 19.3 Å². The second-order valence-corrected chi connectivity index (χ2v) is 7.14. The van der Waals surface area contributed by atoms with Crippen LogP contribution in [0.15, 0.2) is 46.7 Å². The van der Waals surface area contributed by atoms with Gasteiger partial charge in [-0.1, -0.05) is 57.9 Å². The van der Waals surface area contributed by atoms with Crippen molar-refractivity contribution in [3.05, 3.63) is 41.8 Å². The Labute approximate surface area is 122 Å². The average molecular weight is 296 g/mol. The van der Waals surface area contributed by atoms with Gasteiger partial charge in [-0.3, -0.25) is 0 Å². The summed E-state index contributed by atoms with van der Waals surface area (Å²) in [7, 11) is -3.57. The Kier molecular flexibility index (Phi) is 6.43. The fraction of sp³-hybridized carbons (Fsp3) is 0.500. The van der Waals surface area contributed by atoms with Crippen LogP contribution in [0, 0.1) is 5.92 Å². The van der Waals surface area contributed by atoms with Crippen LogP contribution in [0.2, 0.25) is 0 Å². The molecule has 0 fully saturated rings. The summed E-state index contributed by atoms with van der Waals surface area (Å²) in [5.41, 5.74) is 0. The van der Waals surface area contributed by atoms with E-state index in [9.17, 15) is 13.5 Å². The number of aliphatic hydroxyl groups is 1. The molecule has 0 aliphatic heterocycles. The molecule has 0 amide bonds. The number of aliphatic hydroxyl groups excluding tert-OH is 1. The number of hydrogen-bond acceptors (Lipinski definition) is 3. The Morgan fingerprint density at radius 2 is 1.85 bits per heavy atom. The summed E-state index contributed by atoms with van der Waals surface area (Å²) in [5, 5.41) is 10.1. The maximum absolute atomic E-state index is 12.4. The van der Waals surface area contributed by atoms with Crippen LogP contribution in [0.1, 0.15) is 39.5 Å². The molecule has 1 N–H and O–H groups in total. The van der Waals surface area contributed by atoms with Gasteiger partial charge in [-0.15, -0.1) is 0 Å². The molecule has 0 bridgehead atoms. The van der Waals surface area contributed by atoms with Crippen LogP contribution in [-0.2, 0) is 9.84 Å². The maximum atomic E-state index is 12.4. The van der Waals surface area contributed by atoms with Crippen LogP contribution < -0.4 is 0 Å². The smallest absolute Gasteiger partial charge is 0.202 e. The van der Waals surface area contributed by atoms with Crippen LogP contribution in [0.5, 0.6) is 0 Å². The molecule has 0 unspecified atom stereocenters. The molecule has 1 rings (SSSR count). The lowest BCUT2D eigenvalue weighted by Gasteiger charge is -2.21. The highest BCUT2D eigenvalue weighted by atomic mass is 32.2. The Bertz CT molecular complexity index is 520. The predicted molar refractivity (Wildman–Crippen MR) is 82.1 cm³/mol. The van der Waals surface area contributed by atoms with Crippen molar-refractivity contribution in [3.63, 3.8) is 0 Å². The fourth-order valence-corrected chi connectivity index (χ4v) is 3.53. The van der Waals surface area contributed by atoms with Gasteiger partial charge >= 0.3 is 0 Å². The molecule has 112 valence electrons. The highest BCUT2D eigenvalue weighted by Gasteiger charge is 2.27. The Morgan fingerprint density at radius 3 is 2.40 bits per heavy atom. The van der Waals surface area contributed by atoms with E-state index in [1.54, 1.807) is 37.3 Å². The molecule has 0 saturated heterocycles.